The molecule has 0 radical (unpaired) electrons. The number of rotatable bonds is 4. The number of halogens is 2. The minimum atomic E-state index is 0. The zero-order chi connectivity index (χ0) is 14.1. The normalized spacial score (nSPS) is 11.0. The molecular weight excluding hydrogens is 309 g/mol. The number of fused-ring (bicyclic) bond motifs is 3. The van der Waals surface area contributed by atoms with Crippen LogP contribution in [0.15, 0.2) is 29.1 Å². The molecule has 2 aromatic heterocycles. The van der Waals surface area contributed by atoms with Crippen molar-refractivity contribution in [3.63, 3.8) is 0 Å². The summed E-state index contributed by atoms with van der Waals surface area (Å²) in [5, 5.41) is 1.05. The van der Waals surface area contributed by atoms with Crippen molar-refractivity contribution in [2.45, 2.75) is 26.3 Å². The summed E-state index contributed by atoms with van der Waals surface area (Å²) in [6, 6.07) is 7.95. The molecule has 1 aromatic carbocycles. The first-order chi connectivity index (χ1) is 9.76. The fraction of sp³-hybridized carbons (Fsp3) is 0.333. The second kappa shape index (κ2) is 6.50. The van der Waals surface area contributed by atoms with E-state index in [9.17, 15) is 4.79 Å². The van der Waals surface area contributed by atoms with E-state index in [1.807, 2.05) is 31.2 Å². The molecule has 2 N–H and O–H groups in total. The van der Waals surface area contributed by atoms with Gasteiger partial charge in [-0.2, -0.15) is 4.57 Å². The lowest BCUT2D eigenvalue weighted by Gasteiger charge is -2.02. The lowest BCUT2D eigenvalue weighted by molar-refractivity contribution is -0.365. The van der Waals surface area contributed by atoms with Gasteiger partial charge in [0.25, 0.3) is 5.82 Å². The number of aromatic amines is 2. The van der Waals surface area contributed by atoms with E-state index in [0.717, 1.165) is 35.1 Å². The number of nitrogens with one attached hydrogen (secondary N) is 2. The molecule has 3 rings (SSSR count). The van der Waals surface area contributed by atoms with Crippen molar-refractivity contribution >= 4 is 33.5 Å². The first kappa shape index (κ1) is 15.9. The smallest absolute Gasteiger partial charge is 0.361 e. The van der Waals surface area contributed by atoms with Crippen LogP contribution < -0.4 is 23.0 Å². The molecular formula is C15H17Cl2N3O. The minimum absolute atomic E-state index is 0. The van der Waals surface area contributed by atoms with Gasteiger partial charge in [-0.25, -0.2) is 9.78 Å². The first-order valence-corrected chi connectivity index (χ1v) is 7.41. The summed E-state index contributed by atoms with van der Waals surface area (Å²) in [6.45, 7) is 2.69. The SMILES string of the molecule is CCc1[nH+]c2c([nH]c3ccccc32)c(=O)n1CCCCl.[Cl-]. The number of nitrogens with zero attached hydrogens (tertiary/aromatic N) is 1. The Morgan fingerprint density at radius 1 is 1.33 bits per heavy atom. The number of aryl methyl sites for hydroxylation is 1. The minimum Gasteiger partial charge on any atom is -1.00 e. The van der Waals surface area contributed by atoms with E-state index in [-0.39, 0.29) is 18.0 Å². The molecule has 0 aliphatic carbocycles. The van der Waals surface area contributed by atoms with E-state index in [1.54, 1.807) is 4.57 Å². The number of alkyl halides is 1. The summed E-state index contributed by atoms with van der Waals surface area (Å²) in [6.07, 6.45) is 1.57. The molecule has 0 bridgehead atoms. The zero-order valence-corrected chi connectivity index (χ0v) is 13.3. The number of para-hydroxylation sites is 1. The van der Waals surface area contributed by atoms with Crippen LogP contribution in [-0.2, 0) is 13.0 Å². The molecule has 0 fully saturated rings. The largest absolute Gasteiger partial charge is 1.00 e. The van der Waals surface area contributed by atoms with Crippen molar-refractivity contribution in [3.8, 4) is 0 Å². The van der Waals surface area contributed by atoms with E-state index in [0.29, 0.717) is 17.9 Å². The molecule has 0 aliphatic heterocycles. The molecule has 2 heterocycles. The van der Waals surface area contributed by atoms with Crippen molar-refractivity contribution in [2.24, 2.45) is 0 Å². The predicted octanol–water partition coefficient (Wildman–Crippen LogP) is -0.508. The van der Waals surface area contributed by atoms with Gasteiger partial charge in [-0.3, -0.25) is 0 Å². The maximum atomic E-state index is 12.7. The topological polar surface area (TPSA) is 51.9 Å². The third-order valence-electron chi connectivity index (χ3n) is 3.61. The van der Waals surface area contributed by atoms with E-state index >= 15 is 0 Å². The fourth-order valence-electron chi connectivity index (χ4n) is 2.64. The Morgan fingerprint density at radius 3 is 2.81 bits per heavy atom. The maximum Gasteiger partial charge on any atom is 0.361 e. The van der Waals surface area contributed by atoms with E-state index in [1.165, 1.54) is 0 Å². The van der Waals surface area contributed by atoms with E-state index < -0.39 is 0 Å². The summed E-state index contributed by atoms with van der Waals surface area (Å²) in [5.74, 6) is 1.50. The predicted molar refractivity (Wildman–Crippen MR) is 81.3 cm³/mol. The van der Waals surface area contributed by atoms with Gasteiger partial charge < -0.3 is 17.4 Å². The standard InChI is InChI=1S/C15H16ClN3O.ClH/c1-2-12-18-13-10-6-3-4-7-11(10)17-14(13)15(20)19(12)9-5-8-16;/h3-4,6-7,17H,2,5,8-9H2,1H3;1H. The van der Waals surface area contributed by atoms with Gasteiger partial charge in [0, 0.05) is 17.7 Å². The van der Waals surface area contributed by atoms with Crippen molar-refractivity contribution in [2.75, 3.05) is 5.88 Å². The Labute approximate surface area is 133 Å². The Morgan fingerprint density at radius 2 is 2.10 bits per heavy atom. The van der Waals surface area contributed by atoms with Gasteiger partial charge in [-0.15, -0.1) is 11.6 Å². The second-order valence-corrected chi connectivity index (χ2v) is 5.22. The third-order valence-corrected chi connectivity index (χ3v) is 3.88. The quantitative estimate of drug-likeness (QED) is 0.646. The Balaban J connectivity index is 0.00000161. The Kier molecular flexibility index (Phi) is 4.91. The molecule has 3 aromatic rings. The van der Waals surface area contributed by atoms with Crippen molar-refractivity contribution in [3.05, 3.63) is 40.4 Å². The molecule has 0 amide bonds. The summed E-state index contributed by atoms with van der Waals surface area (Å²) in [5.41, 5.74) is 2.53. The van der Waals surface area contributed by atoms with Gasteiger partial charge in [-0.1, -0.05) is 19.1 Å². The molecule has 0 saturated heterocycles. The van der Waals surface area contributed by atoms with Crippen LogP contribution in [0.4, 0.5) is 0 Å². The Hall–Kier alpha value is -1.52. The molecule has 0 aliphatic rings. The summed E-state index contributed by atoms with van der Waals surface area (Å²) >= 11 is 5.75. The van der Waals surface area contributed by atoms with Crippen molar-refractivity contribution < 1.29 is 17.4 Å². The molecule has 0 atom stereocenters. The summed E-state index contributed by atoms with van der Waals surface area (Å²) < 4.78 is 1.79. The third kappa shape index (κ3) is 2.65. The van der Waals surface area contributed by atoms with Crippen molar-refractivity contribution in [1.82, 2.24) is 9.55 Å². The van der Waals surface area contributed by atoms with Gasteiger partial charge >= 0.3 is 5.56 Å². The van der Waals surface area contributed by atoms with E-state index in [2.05, 4.69) is 9.97 Å². The van der Waals surface area contributed by atoms with Crippen LogP contribution in [0.2, 0.25) is 0 Å². The first-order valence-electron chi connectivity index (χ1n) is 6.87. The average molecular weight is 326 g/mol. The number of benzene rings is 1. The van der Waals surface area contributed by atoms with Crippen LogP contribution >= 0.6 is 11.6 Å². The summed E-state index contributed by atoms with van der Waals surface area (Å²) in [4.78, 5) is 19.3. The molecule has 21 heavy (non-hydrogen) atoms. The number of hydrogen-bond donors (Lipinski definition) is 1. The van der Waals surface area contributed by atoms with Crippen LogP contribution in [0.5, 0.6) is 0 Å². The zero-order valence-electron chi connectivity index (χ0n) is 11.7. The maximum absolute atomic E-state index is 12.7. The van der Waals surface area contributed by atoms with Crippen molar-refractivity contribution in [1.29, 1.82) is 0 Å². The fourth-order valence-corrected chi connectivity index (χ4v) is 2.75. The lowest BCUT2D eigenvalue weighted by Crippen LogP contribution is -3.00. The van der Waals surface area contributed by atoms with Crippen LogP contribution in [0.25, 0.3) is 21.9 Å². The molecule has 4 nitrogen and oxygen atoms in total. The Bertz CT molecular complexity index is 823. The van der Waals surface area contributed by atoms with Gasteiger partial charge in [0.1, 0.15) is 0 Å². The molecule has 0 saturated carbocycles. The van der Waals surface area contributed by atoms with Crippen LogP contribution in [0, 0.1) is 0 Å². The van der Waals surface area contributed by atoms with Crippen LogP contribution in [0.3, 0.4) is 0 Å². The molecule has 6 heteroatoms. The highest BCUT2D eigenvalue weighted by Crippen LogP contribution is 2.19. The molecule has 0 unspecified atom stereocenters. The number of hydrogen-bond acceptors (Lipinski definition) is 1. The highest BCUT2D eigenvalue weighted by Gasteiger charge is 2.19. The monoisotopic (exact) mass is 325 g/mol. The van der Waals surface area contributed by atoms with Crippen LogP contribution in [-0.4, -0.2) is 15.4 Å². The highest BCUT2D eigenvalue weighted by atomic mass is 35.5. The lowest BCUT2D eigenvalue weighted by atomic mass is 10.2. The van der Waals surface area contributed by atoms with Gasteiger partial charge in [-0.05, 0) is 18.6 Å². The summed E-state index contributed by atoms with van der Waals surface area (Å²) in [7, 11) is 0. The molecule has 112 valence electrons. The second-order valence-electron chi connectivity index (χ2n) is 4.85. The van der Waals surface area contributed by atoms with E-state index in [4.69, 9.17) is 11.6 Å². The highest BCUT2D eigenvalue weighted by molar-refractivity contribution is 6.17. The number of aromatic nitrogens is 3. The average Bonchev–Trinajstić information content (AvgIpc) is 2.85. The van der Waals surface area contributed by atoms with Gasteiger partial charge in [0.2, 0.25) is 0 Å². The molecule has 0 spiro atoms. The van der Waals surface area contributed by atoms with Gasteiger partial charge in [0.15, 0.2) is 11.0 Å². The van der Waals surface area contributed by atoms with Crippen LogP contribution in [0.1, 0.15) is 19.2 Å². The number of H-pyrrole nitrogens is 2. The van der Waals surface area contributed by atoms with Gasteiger partial charge in [0.05, 0.1) is 12.1 Å².